The minimum Gasteiger partial charge on any atom is -0.309 e. The van der Waals surface area contributed by atoms with Crippen molar-refractivity contribution < 1.29 is 0 Å². The van der Waals surface area contributed by atoms with Crippen LogP contribution < -0.4 is 0 Å². The van der Waals surface area contributed by atoms with Gasteiger partial charge in [-0.05, 0) is 65.0 Å². The zero-order valence-corrected chi connectivity index (χ0v) is 23.3. The summed E-state index contributed by atoms with van der Waals surface area (Å²) in [4.78, 5) is 9.90. The summed E-state index contributed by atoms with van der Waals surface area (Å²) in [5.74, 6) is 0. The van der Waals surface area contributed by atoms with Gasteiger partial charge >= 0.3 is 0 Å². The van der Waals surface area contributed by atoms with Gasteiger partial charge in [-0.15, -0.1) is 0 Å². The molecule has 0 aliphatic rings. The number of aromatic nitrogens is 3. The van der Waals surface area contributed by atoms with Gasteiger partial charge in [-0.25, -0.2) is 4.98 Å². The van der Waals surface area contributed by atoms with E-state index in [-0.39, 0.29) is 0 Å². The molecular formula is C40H25N3. The average molecular weight is 548 g/mol. The predicted molar refractivity (Wildman–Crippen MR) is 180 cm³/mol. The second-order valence-corrected chi connectivity index (χ2v) is 11.0. The van der Waals surface area contributed by atoms with Gasteiger partial charge in [-0.3, -0.25) is 4.98 Å². The van der Waals surface area contributed by atoms with Gasteiger partial charge in [0.1, 0.15) is 0 Å². The molecule has 0 aliphatic heterocycles. The summed E-state index contributed by atoms with van der Waals surface area (Å²) in [6.45, 7) is 0. The topological polar surface area (TPSA) is 30.7 Å². The van der Waals surface area contributed by atoms with Gasteiger partial charge in [0.2, 0.25) is 0 Å². The highest BCUT2D eigenvalue weighted by Gasteiger charge is 2.20. The Bertz CT molecular complexity index is 2510. The van der Waals surface area contributed by atoms with Crippen LogP contribution >= 0.6 is 0 Å². The van der Waals surface area contributed by atoms with E-state index in [0.717, 1.165) is 55.3 Å². The summed E-state index contributed by atoms with van der Waals surface area (Å²) < 4.78 is 2.41. The molecule has 0 N–H and O–H groups in total. The van der Waals surface area contributed by atoms with E-state index in [1.165, 1.54) is 27.2 Å². The molecule has 9 aromatic rings. The van der Waals surface area contributed by atoms with Crippen molar-refractivity contribution in [1.82, 2.24) is 14.5 Å². The highest BCUT2D eigenvalue weighted by molar-refractivity contribution is 6.25. The summed E-state index contributed by atoms with van der Waals surface area (Å²) in [5, 5.41) is 7.12. The summed E-state index contributed by atoms with van der Waals surface area (Å²) in [6, 6.07) is 51.8. The molecule has 3 heterocycles. The van der Waals surface area contributed by atoms with Crippen LogP contribution in [0.1, 0.15) is 0 Å². The van der Waals surface area contributed by atoms with Gasteiger partial charge in [0.05, 0.1) is 27.8 Å². The molecule has 3 aromatic heterocycles. The summed E-state index contributed by atoms with van der Waals surface area (Å²) in [7, 11) is 0. The highest BCUT2D eigenvalue weighted by atomic mass is 15.0. The number of nitrogens with zero attached hydrogens (tertiary/aromatic N) is 3. The Balaban J connectivity index is 1.41. The molecule has 0 fully saturated rings. The normalized spacial score (nSPS) is 11.7. The Morgan fingerprint density at radius 3 is 2.16 bits per heavy atom. The lowest BCUT2D eigenvalue weighted by Gasteiger charge is -2.15. The van der Waals surface area contributed by atoms with E-state index in [2.05, 4.69) is 149 Å². The zero-order chi connectivity index (χ0) is 28.3. The standard InChI is InChI=1S/C40H25N3/c1-2-13-30(14-3-1)43-37-18-7-5-16-32(37)34-21-20-33-31-15-4-6-17-36(31)42-39(38(33)40(34)43)29-11-8-10-26(25-29)27-19-22-35-28(24-27)12-9-23-41-35/h1-25H. The van der Waals surface area contributed by atoms with Crippen LogP contribution in [-0.2, 0) is 0 Å². The second kappa shape index (κ2) is 9.37. The molecule has 0 amide bonds. The van der Waals surface area contributed by atoms with Crippen LogP contribution in [0.25, 0.3) is 82.5 Å². The van der Waals surface area contributed by atoms with Crippen LogP contribution in [0, 0.1) is 0 Å². The van der Waals surface area contributed by atoms with Gasteiger partial charge in [-0.1, -0.05) is 97.1 Å². The summed E-state index contributed by atoms with van der Waals surface area (Å²) in [5.41, 5.74) is 9.90. The Morgan fingerprint density at radius 2 is 1.23 bits per heavy atom. The quantitative estimate of drug-likeness (QED) is 0.206. The lowest BCUT2D eigenvalue weighted by molar-refractivity contribution is 1.19. The fourth-order valence-corrected chi connectivity index (χ4v) is 6.65. The van der Waals surface area contributed by atoms with E-state index in [1.54, 1.807) is 0 Å². The second-order valence-electron chi connectivity index (χ2n) is 11.0. The lowest BCUT2D eigenvalue weighted by atomic mass is 9.95. The van der Waals surface area contributed by atoms with Crippen LogP contribution in [0.5, 0.6) is 0 Å². The monoisotopic (exact) mass is 547 g/mol. The van der Waals surface area contributed by atoms with Crippen molar-refractivity contribution in [3.05, 3.63) is 152 Å². The number of hydrogen-bond acceptors (Lipinski definition) is 2. The molecule has 9 rings (SSSR count). The molecule has 3 nitrogen and oxygen atoms in total. The fraction of sp³-hybridized carbons (Fsp3) is 0. The van der Waals surface area contributed by atoms with E-state index in [9.17, 15) is 0 Å². The van der Waals surface area contributed by atoms with E-state index >= 15 is 0 Å². The molecule has 6 aromatic carbocycles. The van der Waals surface area contributed by atoms with Crippen molar-refractivity contribution in [3.8, 4) is 28.1 Å². The van der Waals surface area contributed by atoms with Crippen LogP contribution in [0.15, 0.2) is 152 Å². The van der Waals surface area contributed by atoms with Gasteiger partial charge < -0.3 is 4.57 Å². The van der Waals surface area contributed by atoms with Gasteiger partial charge in [-0.2, -0.15) is 0 Å². The Hall–Kier alpha value is -5.80. The highest BCUT2D eigenvalue weighted by Crippen LogP contribution is 2.42. The number of pyridine rings is 2. The first-order chi connectivity index (χ1) is 21.3. The molecule has 43 heavy (non-hydrogen) atoms. The Kier molecular flexibility index (Phi) is 5.20. The molecular weight excluding hydrogens is 522 g/mol. The number of rotatable bonds is 3. The first-order valence-corrected chi connectivity index (χ1v) is 14.6. The number of benzene rings is 6. The van der Waals surface area contributed by atoms with Crippen LogP contribution in [-0.4, -0.2) is 14.5 Å². The van der Waals surface area contributed by atoms with Crippen molar-refractivity contribution in [3.63, 3.8) is 0 Å². The molecule has 0 saturated heterocycles. The smallest absolute Gasteiger partial charge is 0.0809 e. The average Bonchev–Trinajstić information content (AvgIpc) is 3.43. The first-order valence-electron chi connectivity index (χ1n) is 14.6. The molecule has 200 valence electrons. The molecule has 0 saturated carbocycles. The van der Waals surface area contributed by atoms with Crippen molar-refractivity contribution >= 4 is 54.4 Å². The molecule has 0 radical (unpaired) electrons. The Labute approximate surface area is 248 Å². The Morgan fingerprint density at radius 1 is 0.465 bits per heavy atom. The van der Waals surface area contributed by atoms with Crippen molar-refractivity contribution in [2.45, 2.75) is 0 Å². The lowest BCUT2D eigenvalue weighted by Crippen LogP contribution is -1.97. The maximum Gasteiger partial charge on any atom is 0.0809 e. The SMILES string of the molecule is c1ccc(-n2c3ccccc3c3ccc4c5ccccc5nc(-c5cccc(-c6ccc7ncccc7c6)c5)c4c32)cc1. The van der Waals surface area contributed by atoms with Crippen molar-refractivity contribution in [2.75, 3.05) is 0 Å². The first kappa shape index (κ1) is 23.9. The van der Waals surface area contributed by atoms with E-state index < -0.39 is 0 Å². The minimum absolute atomic E-state index is 0.989. The number of hydrogen-bond donors (Lipinski definition) is 0. The third-order valence-corrected chi connectivity index (χ3v) is 8.59. The van der Waals surface area contributed by atoms with Gasteiger partial charge in [0.25, 0.3) is 0 Å². The maximum absolute atomic E-state index is 5.39. The number of para-hydroxylation sites is 3. The van der Waals surface area contributed by atoms with Crippen molar-refractivity contribution in [2.24, 2.45) is 0 Å². The van der Waals surface area contributed by atoms with E-state index in [1.807, 2.05) is 12.3 Å². The molecule has 0 aliphatic carbocycles. The molecule has 0 bridgehead atoms. The largest absolute Gasteiger partial charge is 0.309 e. The fourth-order valence-electron chi connectivity index (χ4n) is 6.65. The molecule has 0 unspecified atom stereocenters. The predicted octanol–water partition coefficient (Wildman–Crippen LogP) is 10.4. The van der Waals surface area contributed by atoms with E-state index in [4.69, 9.17) is 4.98 Å². The zero-order valence-electron chi connectivity index (χ0n) is 23.3. The maximum atomic E-state index is 5.39. The van der Waals surface area contributed by atoms with E-state index in [0.29, 0.717) is 0 Å². The summed E-state index contributed by atoms with van der Waals surface area (Å²) in [6.07, 6.45) is 1.84. The third-order valence-electron chi connectivity index (χ3n) is 8.59. The minimum atomic E-state index is 0.989. The van der Waals surface area contributed by atoms with Crippen LogP contribution in [0.4, 0.5) is 0 Å². The van der Waals surface area contributed by atoms with Gasteiger partial charge in [0.15, 0.2) is 0 Å². The molecule has 0 spiro atoms. The van der Waals surface area contributed by atoms with Crippen LogP contribution in [0.3, 0.4) is 0 Å². The molecule has 0 atom stereocenters. The third kappa shape index (κ3) is 3.68. The number of fused-ring (bicyclic) bond motifs is 8. The molecule has 3 heteroatoms. The van der Waals surface area contributed by atoms with Gasteiger partial charge in [0, 0.05) is 44.4 Å². The van der Waals surface area contributed by atoms with Crippen LogP contribution in [0.2, 0.25) is 0 Å². The van der Waals surface area contributed by atoms with Crippen molar-refractivity contribution in [1.29, 1.82) is 0 Å². The summed E-state index contributed by atoms with van der Waals surface area (Å²) >= 11 is 0.